The van der Waals surface area contributed by atoms with Gasteiger partial charge >= 0.3 is 0 Å². The van der Waals surface area contributed by atoms with Crippen molar-refractivity contribution in [2.45, 2.75) is 65.2 Å². The van der Waals surface area contributed by atoms with Crippen LogP contribution in [-0.4, -0.2) is 53.6 Å². The van der Waals surface area contributed by atoms with Gasteiger partial charge in [-0.1, -0.05) is 34.1 Å². The van der Waals surface area contributed by atoms with E-state index in [4.69, 9.17) is 0 Å². The van der Waals surface area contributed by atoms with Gasteiger partial charge in [-0.3, -0.25) is 10.1 Å². The van der Waals surface area contributed by atoms with Gasteiger partial charge in [0.15, 0.2) is 0 Å². The molecule has 4 atom stereocenters. The minimum Gasteiger partial charge on any atom is -0.321 e. The molecule has 21 heavy (non-hydrogen) atoms. The van der Waals surface area contributed by atoms with Crippen LogP contribution >= 0.6 is 0 Å². The van der Waals surface area contributed by atoms with Crippen LogP contribution in [0.2, 0.25) is 0 Å². The van der Waals surface area contributed by atoms with Crippen molar-refractivity contribution >= 4 is 5.91 Å². The first-order chi connectivity index (χ1) is 10.0. The first-order valence-electron chi connectivity index (χ1n) is 8.83. The van der Waals surface area contributed by atoms with Crippen molar-refractivity contribution < 1.29 is 4.79 Å². The summed E-state index contributed by atoms with van der Waals surface area (Å²) in [5.41, 5.74) is 0. The fourth-order valence-corrected chi connectivity index (χ4v) is 4.41. The number of amides is 1. The van der Waals surface area contributed by atoms with E-state index in [0.717, 1.165) is 18.9 Å². The van der Waals surface area contributed by atoms with Crippen LogP contribution in [0.4, 0.5) is 0 Å². The van der Waals surface area contributed by atoms with E-state index < -0.39 is 0 Å². The second kappa shape index (κ2) is 5.88. The van der Waals surface area contributed by atoms with Gasteiger partial charge in [0.05, 0.1) is 12.2 Å². The van der Waals surface area contributed by atoms with Crippen molar-refractivity contribution in [2.75, 3.05) is 19.6 Å². The molecule has 1 amide bonds. The smallest absolute Gasteiger partial charge is 0.241 e. The zero-order valence-electron chi connectivity index (χ0n) is 14.0. The van der Waals surface area contributed by atoms with Crippen LogP contribution in [0.5, 0.6) is 0 Å². The fourth-order valence-electron chi connectivity index (χ4n) is 4.41. The lowest BCUT2D eigenvalue weighted by Crippen LogP contribution is -2.60. The SMILES string of the molecule is CCC(C)C1NC(C(C)C)N(C2CN3CCC2CC3)C1=O. The molecule has 0 aromatic carbocycles. The topological polar surface area (TPSA) is 35.6 Å². The number of carbonyl (C=O) groups excluding carboxylic acids is 1. The van der Waals surface area contributed by atoms with Crippen LogP contribution < -0.4 is 5.32 Å². The molecule has 120 valence electrons. The zero-order valence-corrected chi connectivity index (χ0v) is 14.0. The Kier molecular flexibility index (Phi) is 4.28. The molecule has 4 nitrogen and oxygen atoms in total. The largest absolute Gasteiger partial charge is 0.321 e. The molecule has 4 rings (SSSR count). The molecule has 0 spiro atoms. The molecule has 4 aliphatic rings. The first-order valence-corrected chi connectivity index (χ1v) is 8.83. The van der Waals surface area contributed by atoms with E-state index in [-0.39, 0.29) is 12.2 Å². The molecule has 0 aromatic heterocycles. The molecule has 4 heteroatoms. The summed E-state index contributed by atoms with van der Waals surface area (Å²) in [4.78, 5) is 17.8. The van der Waals surface area contributed by atoms with Gasteiger partial charge in [-0.25, -0.2) is 0 Å². The maximum Gasteiger partial charge on any atom is 0.241 e. The number of nitrogens with zero attached hydrogens (tertiary/aromatic N) is 2. The highest BCUT2D eigenvalue weighted by Crippen LogP contribution is 2.35. The van der Waals surface area contributed by atoms with Gasteiger partial charge in [-0.2, -0.15) is 0 Å². The van der Waals surface area contributed by atoms with Gasteiger partial charge in [0.25, 0.3) is 0 Å². The van der Waals surface area contributed by atoms with Gasteiger partial charge in [0, 0.05) is 12.6 Å². The van der Waals surface area contributed by atoms with Crippen molar-refractivity contribution in [2.24, 2.45) is 17.8 Å². The van der Waals surface area contributed by atoms with Crippen LogP contribution in [-0.2, 0) is 4.79 Å². The average molecular weight is 293 g/mol. The number of piperidine rings is 3. The Hall–Kier alpha value is -0.610. The maximum absolute atomic E-state index is 13.0. The molecule has 2 bridgehead atoms. The van der Waals surface area contributed by atoms with Crippen LogP contribution in [0.1, 0.15) is 47.0 Å². The van der Waals surface area contributed by atoms with Gasteiger partial charge in [-0.15, -0.1) is 0 Å². The van der Waals surface area contributed by atoms with Gasteiger partial charge < -0.3 is 9.80 Å². The molecule has 0 aliphatic carbocycles. The molecule has 0 radical (unpaired) electrons. The Morgan fingerprint density at radius 2 is 1.90 bits per heavy atom. The van der Waals surface area contributed by atoms with Crippen LogP contribution in [0, 0.1) is 17.8 Å². The highest BCUT2D eigenvalue weighted by molar-refractivity contribution is 5.85. The quantitative estimate of drug-likeness (QED) is 0.860. The number of hydrogen-bond donors (Lipinski definition) is 1. The number of hydrogen-bond acceptors (Lipinski definition) is 3. The predicted molar refractivity (Wildman–Crippen MR) is 84.8 cm³/mol. The summed E-state index contributed by atoms with van der Waals surface area (Å²) in [5.74, 6) is 1.97. The molecule has 4 fully saturated rings. The Labute approximate surface area is 129 Å². The highest BCUT2D eigenvalue weighted by atomic mass is 16.2. The van der Waals surface area contributed by atoms with E-state index in [0.29, 0.717) is 23.8 Å². The van der Waals surface area contributed by atoms with E-state index in [2.05, 4.69) is 42.8 Å². The zero-order chi connectivity index (χ0) is 15.1. The summed E-state index contributed by atoms with van der Waals surface area (Å²) >= 11 is 0. The average Bonchev–Trinajstić information content (AvgIpc) is 2.85. The lowest BCUT2D eigenvalue weighted by Gasteiger charge is -2.49. The number of carbonyl (C=O) groups is 1. The number of rotatable bonds is 4. The third-order valence-electron chi connectivity index (χ3n) is 5.99. The lowest BCUT2D eigenvalue weighted by molar-refractivity contribution is -0.138. The van der Waals surface area contributed by atoms with Crippen molar-refractivity contribution in [1.82, 2.24) is 15.1 Å². The second-order valence-corrected chi connectivity index (χ2v) is 7.67. The molecular weight excluding hydrogens is 262 g/mol. The summed E-state index contributed by atoms with van der Waals surface area (Å²) in [6, 6.07) is 0.465. The van der Waals surface area contributed by atoms with Crippen molar-refractivity contribution in [3.8, 4) is 0 Å². The molecule has 0 saturated carbocycles. The standard InChI is InChI=1S/C17H31N3O/c1-5-12(4)15-17(21)20(16(18-15)11(2)3)14-10-19-8-6-13(14)7-9-19/h11-16,18H,5-10H2,1-4H3. The van der Waals surface area contributed by atoms with Crippen LogP contribution in [0.3, 0.4) is 0 Å². The van der Waals surface area contributed by atoms with Crippen LogP contribution in [0.15, 0.2) is 0 Å². The highest BCUT2D eigenvalue weighted by Gasteiger charge is 2.49. The Bertz CT molecular complexity index is 389. The van der Waals surface area contributed by atoms with Crippen molar-refractivity contribution in [3.63, 3.8) is 0 Å². The molecule has 4 unspecified atom stereocenters. The fraction of sp³-hybridized carbons (Fsp3) is 0.941. The Morgan fingerprint density at radius 1 is 1.24 bits per heavy atom. The van der Waals surface area contributed by atoms with E-state index in [1.165, 1.54) is 25.9 Å². The molecule has 4 heterocycles. The molecule has 0 aromatic rings. The third kappa shape index (κ3) is 2.61. The third-order valence-corrected chi connectivity index (χ3v) is 5.99. The molecule has 4 aliphatic heterocycles. The second-order valence-electron chi connectivity index (χ2n) is 7.67. The Balaban J connectivity index is 1.82. The van der Waals surface area contributed by atoms with E-state index in [1.807, 2.05) is 0 Å². The minimum absolute atomic E-state index is 0.0258. The van der Waals surface area contributed by atoms with E-state index in [1.54, 1.807) is 0 Å². The van der Waals surface area contributed by atoms with Crippen LogP contribution in [0.25, 0.3) is 0 Å². The summed E-state index contributed by atoms with van der Waals surface area (Å²) < 4.78 is 0. The number of nitrogens with one attached hydrogen (secondary N) is 1. The Morgan fingerprint density at radius 3 is 2.38 bits per heavy atom. The van der Waals surface area contributed by atoms with Gasteiger partial charge in [0.2, 0.25) is 5.91 Å². The monoisotopic (exact) mass is 293 g/mol. The molecule has 1 N–H and O–H groups in total. The van der Waals surface area contributed by atoms with E-state index >= 15 is 0 Å². The minimum atomic E-state index is 0.0258. The van der Waals surface area contributed by atoms with Crippen molar-refractivity contribution in [3.05, 3.63) is 0 Å². The first kappa shape index (κ1) is 15.3. The van der Waals surface area contributed by atoms with Gasteiger partial charge in [0.1, 0.15) is 0 Å². The lowest BCUT2D eigenvalue weighted by atomic mass is 9.82. The predicted octanol–water partition coefficient (Wildman–Crippen LogP) is 1.91. The van der Waals surface area contributed by atoms with Gasteiger partial charge in [-0.05, 0) is 43.7 Å². The maximum atomic E-state index is 13.0. The molecule has 4 saturated heterocycles. The summed E-state index contributed by atoms with van der Waals surface area (Å²) in [6.45, 7) is 12.4. The summed E-state index contributed by atoms with van der Waals surface area (Å²) in [5, 5.41) is 3.66. The normalized spacial score (nSPS) is 41.1. The van der Waals surface area contributed by atoms with Crippen molar-refractivity contribution in [1.29, 1.82) is 0 Å². The number of fused-ring (bicyclic) bond motifs is 3. The molecular formula is C17H31N3O. The summed E-state index contributed by atoms with van der Waals surface area (Å²) in [7, 11) is 0. The van der Waals surface area contributed by atoms with E-state index in [9.17, 15) is 4.79 Å². The summed E-state index contributed by atoms with van der Waals surface area (Å²) in [6.07, 6.45) is 3.82.